The molecule has 0 spiro atoms. The predicted octanol–water partition coefficient (Wildman–Crippen LogP) is 3.87. The van der Waals surface area contributed by atoms with Crippen molar-refractivity contribution in [2.24, 2.45) is 0 Å². The maximum Gasteiger partial charge on any atom is 0.196 e. The Balaban J connectivity index is 2.27. The maximum atomic E-state index is 12.4. The van der Waals surface area contributed by atoms with Gasteiger partial charge in [-0.25, -0.2) is 0 Å². The summed E-state index contributed by atoms with van der Waals surface area (Å²) >= 11 is 0. The minimum absolute atomic E-state index is 0.0170. The Hall–Kier alpha value is -2.35. The first-order valence-electron chi connectivity index (χ1n) is 6.25. The van der Waals surface area contributed by atoms with Crippen molar-refractivity contribution >= 4 is 5.78 Å². The smallest absolute Gasteiger partial charge is 0.196 e. The number of ketones is 1. The molecule has 0 amide bonds. The van der Waals surface area contributed by atoms with E-state index in [-0.39, 0.29) is 5.78 Å². The van der Waals surface area contributed by atoms with Crippen LogP contribution in [-0.2, 0) is 0 Å². The van der Waals surface area contributed by atoms with Gasteiger partial charge in [0.2, 0.25) is 0 Å². The first kappa shape index (κ1) is 13.1. The molecule has 0 heterocycles. The third-order valence-electron chi connectivity index (χ3n) is 2.74. The predicted molar refractivity (Wildman–Crippen MR) is 76.6 cm³/mol. The molecule has 0 fully saturated rings. The number of ether oxygens (including phenoxy) is 1. The van der Waals surface area contributed by atoms with Gasteiger partial charge >= 0.3 is 0 Å². The molecular weight excluding hydrogens is 236 g/mol. The van der Waals surface area contributed by atoms with Crippen molar-refractivity contribution in [2.45, 2.75) is 6.92 Å². The third-order valence-corrected chi connectivity index (χ3v) is 2.74. The fourth-order valence-corrected chi connectivity index (χ4v) is 1.76. The Labute approximate surface area is 113 Å². The summed E-state index contributed by atoms with van der Waals surface area (Å²) in [5.74, 6) is 0.603. The van der Waals surface area contributed by atoms with E-state index in [1.165, 1.54) is 0 Å². The van der Waals surface area contributed by atoms with Crippen LogP contribution in [0.5, 0.6) is 5.75 Å². The van der Waals surface area contributed by atoms with Gasteiger partial charge in [0.15, 0.2) is 5.78 Å². The van der Waals surface area contributed by atoms with E-state index in [1.807, 2.05) is 67.6 Å². The molecule has 96 valence electrons. The molecule has 19 heavy (non-hydrogen) atoms. The number of carbonyl (C=O) groups is 1. The third kappa shape index (κ3) is 3.32. The highest BCUT2D eigenvalue weighted by Gasteiger charge is 2.13. The zero-order valence-electron chi connectivity index (χ0n) is 10.9. The van der Waals surface area contributed by atoms with Crippen molar-refractivity contribution in [3.63, 3.8) is 0 Å². The van der Waals surface area contributed by atoms with E-state index in [0.29, 0.717) is 23.5 Å². The van der Waals surface area contributed by atoms with Gasteiger partial charge in [0, 0.05) is 5.56 Å². The summed E-state index contributed by atoms with van der Waals surface area (Å²) in [6.45, 7) is 2.40. The second kappa shape index (κ2) is 6.55. The van der Waals surface area contributed by atoms with Gasteiger partial charge in [-0.1, -0.05) is 54.6 Å². The standard InChI is InChI=1S/C17H16O2/c1-2-3-13-19-16-12-8-7-11-15(16)17(18)14-9-5-4-6-10-14/h2-12H,13H2,1H3. The van der Waals surface area contributed by atoms with Gasteiger partial charge in [-0.05, 0) is 19.1 Å². The summed E-state index contributed by atoms with van der Waals surface area (Å²) in [7, 11) is 0. The zero-order chi connectivity index (χ0) is 13.5. The van der Waals surface area contributed by atoms with Gasteiger partial charge in [-0.15, -0.1) is 0 Å². The SMILES string of the molecule is CC=CCOc1ccccc1C(=O)c1ccccc1. The van der Waals surface area contributed by atoms with Crippen molar-refractivity contribution in [3.8, 4) is 5.75 Å². The number of rotatable bonds is 5. The number of carbonyl (C=O) groups excluding carboxylic acids is 1. The van der Waals surface area contributed by atoms with Gasteiger partial charge in [-0.3, -0.25) is 4.79 Å². The molecule has 0 aromatic heterocycles. The van der Waals surface area contributed by atoms with Crippen molar-refractivity contribution in [1.29, 1.82) is 0 Å². The van der Waals surface area contributed by atoms with E-state index in [9.17, 15) is 4.79 Å². The summed E-state index contributed by atoms with van der Waals surface area (Å²) in [6.07, 6.45) is 3.82. The van der Waals surface area contributed by atoms with Crippen molar-refractivity contribution in [3.05, 3.63) is 77.9 Å². The molecule has 2 aromatic carbocycles. The van der Waals surface area contributed by atoms with Gasteiger partial charge in [0.05, 0.1) is 5.56 Å². The van der Waals surface area contributed by atoms with Crippen LogP contribution in [0.2, 0.25) is 0 Å². The molecule has 0 aliphatic heterocycles. The molecule has 0 saturated carbocycles. The average molecular weight is 252 g/mol. The van der Waals surface area contributed by atoms with Crippen LogP contribution in [0.25, 0.3) is 0 Å². The maximum absolute atomic E-state index is 12.4. The van der Waals surface area contributed by atoms with E-state index in [2.05, 4.69) is 0 Å². The highest BCUT2D eigenvalue weighted by Crippen LogP contribution is 2.21. The van der Waals surface area contributed by atoms with Crippen LogP contribution >= 0.6 is 0 Å². The molecule has 2 nitrogen and oxygen atoms in total. The minimum atomic E-state index is -0.0170. The number of para-hydroxylation sites is 1. The number of benzene rings is 2. The molecule has 2 aromatic rings. The van der Waals surface area contributed by atoms with Crippen LogP contribution in [0.4, 0.5) is 0 Å². The van der Waals surface area contributed by atoms with Crippen molar-refractivity contribution in [2.75, 3.05) is 6.61 Å². The van der Waals surface area contributed by atoms with Gasteiger partial charge in [0.1, 0.15) is 12.4 Å². The second-order valence-corrected chi connectivity index (χ2v) is 4.07. The molecule has 0 N–H and O–H groups in total. The Bertz CT molecular complexity index is 571. The molecule has 2 rings (SSSR count). The van der Waals surface area contributed by atoms with Crippen LogP contribution in [0.3, 0.4) is 0 Å². The van der Waals surface area contributed by atoms with Gasteiger partial charge in [-0.2, -0.15) is 0 Å². The van der Waals surface area contributed by atoms with E-state index >= 15 is 0 Å². The monoisotopic (exact) mass is 252 g/mol. The Morgan fingerprint density at radius 3 is 2.47 bits per heavy atom. The summed E-state index contributed by atoms with van der Waals surface area (Å²) < 4.78 is 5.61. The van der Waals surface area contributed by atoms with Crippen LogP contribution < -0.4 is 4.74 Å². The summed E-state index contributed by atoms with van der Waals surface area (Å²) in [5.41, 5.74) is 1.27. The number of hydrogen-bond acceptors (Lipinski definition) is 2. The minimum Gasteiger partial charge on any atom is -0.489 e. The van der Waals surface area contributed by atoms with E-state index in [1.54, 1.807) is 6.07 Å². The lowest BCUT2D eigenvalue weighted by Crippen LogP contribution is -2.05. The fourth-order valence-electron chi connectivity index (χ4n) is 1.76. The van der Waals surface area contributed by atoms with Crippen molar-refractivity contribution in [1.82, 2.24) is 0 Å². The molecule has 0 unspecified atom stereocenters. The van der Waals surface area contributed by atoms with E-state index in [4.69, 9.17) is 4.74 Å². The lowest BCUT2D eigenvalue weighted by Gasteiger charge is -2.09. The van der Waals surface area contributed by atoms with E-state index in [0.717, 1.165) is 0 Å². The van der Waals surface area contributed by atoms with Crippen LogP contribution in [0.1, 0.15) is 22.8 Å². The summed E-state index contributed by atoms with van der Waals surface area (Å²) in [6, 6.07) is 16.6. The first-order valence-corrected chi connectivity index (χ1v) is 6.25. The average Bonchev–Trinajstić information content (AvgIpc) is 2.48. The first-order chi connectivity index (χ1) is 9.33. The fraction of sp³-hybridized carbons (Fsp3) is 0.118. The summed E-state index contributed by atoms with van der Waals surface area (Å²) in [5, 5.41) is 0. The Morgan fingerprint density at radius 1 is 1.05 bits per heavy atom. The van der Waals surface area contributed by atoms with E-state index < -0.39 is 0 Å². The second-order valence-electron chi connectivity index (χ2n) is 4.07. The highest BCUT2D eigenvalue weighted by molar-refractivity contribution is 6.10. The van der Waals surface area contributed by atoms with Crippen molar-refractivity contribution < 1.29 is 9.53 Å². The molecule has 0 saturated heterocycles. The highest BCUT2D eigenvalue weighted by atomic mass is 16.5. The lowest BCUT2D eigenvalue weighted by atomic mass is 10.0. The molecule has 0 aliphatic rings. The molecular formula is C17H16O2. The van der Waals surface area contributed by atoms with Crippen LogP contribution in [-0.4, -0.2) is 12.4 Å². The molecule has 0 radical (unpaired) electrons. The molecule has 0 aliphatic carbocycles. The number of hydrogen-bond donors (Lipinski definition) is 0. The molecule has 0 atom stereocenters. The molecule has 0 bridgehead atoms. The summed E-state index contributed by atoms with van der Waals surface area (Å²) in [4.78, 5) is 12.4. The molecule has 2 heteroatoms. The van der Waals surface area contributed by atoms with Gasteiger partial charge in [0.25, 0.3) is 0 Å². The van der Waals surface area contributed by atoms with Crippen LogP contribution in [0, 0.1) is 0 Å². The number of allylic oxidation sites excluding steroid dienone is 1. The Morgan fingerprint density at radius 2 is 1.74 bits per heavy atom. The van der Waals surface area contributed by atoms with Crippen LogP contribution in [0.15, 0.2) is 66.7 Å². The lowest BCUT2D eigenvalue weighted by molar-refractivity contribution is 0.103. The quantitative estimate of drug-likeness (QED) is 0.596. The van der Waals surface area contributed by atoms with Gasteiger partial charge < -0.3 is 4.74 Å². The normalized spacial score (nSPS) is 10.6. The largest absolute Gasteiger partial charge is 0.489 e. The topological polar surface area (TPSA) is 26.3 Å². The Kier molecular flexibility index (Phi) is 4.51. The zero-order valence-corrected chi connectivity index (χ0v) is 10.9.